The number of aliphatic hydroxyl groups is 2. The van der Waals surface area contributed by atoms with E-state index in [1.165, 1.54) is 12.8 Å². The third-order valence-corrected chi connectivity index (χ3v) is 6.61. The molecule has 0 radical (unpaired) electrons. The smallest absolute Gasteiger partial charge is 0.120 e. The van der Waals surface area contributed by atoms with Crippen molar-refractivity contribution in [2.45, 2.75) is 61.4 Å². The van der Waals surface area contributed by atoms with Gasteiger partial charge in [-0.2, -0.15) is 0 Å². The summed E-state index contributed by atoms with van der Waals surface area (Å²) in [5, 5.41) is 20.2. The van der Waals surface area contributed by atoms with Crippen molar-refractivity contribution in [3.05, 3.63) is 0 Å². The van der Waals surface area contributed by atoms with Gasteiger partial charge in [0.15, 0.2) is 0 Å². The molecule has 0 aromatic rings. The van der Waals surface area contributed by atoms with Gasteiger partial charge in [0.1, 0.15) is 12.5 Å². The highest BCUT2D eigenvalue weighted by atomic mass is 35.5. The average molecular weight is 397 g/mol. The second-order valence-electron chi connectivity index (χ2n) is 7.53. The monoisotopic (exact) mass is 396 g/mol. The van der Waals surface area contributed by atoms with Crippen molar-refractivity contribution in [3.63, 3.8) is 0 Å². The first-order valence-electron chi connectivity index (χ1n) is 9.43. The molecule has 148 valence electrons. The Labute approximate surface area is 161 Å². The molecule has 2 fully saturated rings. The minimum absolute atomic E-state index is 0.00405. The number of rotatable bonds is 9. The lowest BCUT2D eigenvalue weighted by molar-refractivity contribution is -0.0323. The lowest BCUT2D eigenvalue weighted by Crippen LogP contribution is -2.52. The van der Waals surface area contributed by atoms with Crippen molar-refractivity contribution >= 4 is 23.2 Å². The fourth-order valence-electron chi connectivity index (χ4n) is 3.81. The molecule has 0 amide bonds. The van der Waals surface area contributed by atoms with Gasteiger partial charge in [-0.1, -0.05) is 0 Å². The van der Waals surface area contributed by atoms with Crippen LogP contribution in [0.1, 0.15) is 32.1 Å². The maximum absolute atomic E-state index is 10.6. The van der Waals surface area contributed by atoms with Crippen LogP contribution < -0.4 is 5.73 Å². The number of alkyl halides is 2. The largest absolute Gasteiger partial charge is 0.377 e. The Hall–Kier alpha value is 0.340. The summed E-state index contributed by atoms with van der Waals surface area (Å²) in [7, 11) is 1.94. The maximum atomic E-state index is 10.6. The van der Waals surface area contributed by atoms with Gasteiger partial charge in [-0.05, 0) is 52.2 Å². The summed E-state index contributed by atoms with van der Waals surface area (Å²) in [6, 6.07) is 0.192. The van der Waals surface area contributed by atoms with E-state index >= 15 is 0 Å². The third kappa shape index (κ3) is 7.11. The highest BCUT2D eigenvalue weighted by Gasteiger charge is 2.33. The molecule has 0 bridgehead atoms. The molecule has 6 nitrogen and oxygen atoms in total. The number of aliphatic hydroxyl groups excluding tert-OH is 2. The van der Waals surface area contributed by atoms with Crippen LogP contribution in [-0.2, 0) is 0 Å². The van der Waals surface area contributed by atoms with Crippen LogP contribution in [0.3, 0.4) is 0 Å². The first kappa shape index (κ1) is 21.6. The Morgan fingerprint density at radius 2 is 1.80 bits per heavy atom. The molecule has 1 aliphatic heterocycles. The van der Waals surface area contributed by atoms with E-state index < -0.39 is 12.5 Å². The number of halogens is 2. The van der Waals surface area contributed by atoms with E-state index in [2.05, 4.69) is 9.80 Å². The van der Waals surface area contributed by atoms with E-state index in [-0.39, 0.29) is 16.8 Å². The molecule has 2 aliphatic rings. The van der Waals surface area contributed by atoms with Crippen LogP contribution in [0, 0.1) is 0 Å². The quantitative estimate of drug-likeness (QED) is 0.393. The molecule has 1 aliphatic carbocycles. The minimum Gasteiger partial charge on any atom is -0.377 e. The first-order chi connectivity index (χ1) is 11.9. The summed E-state index contributed by atoms with van der Waals surface area (Å²) in [6.07, 6.45) is 3.54. The zero-order valence-corrected chi connectivity index (χ0v) is 16.7. The molecule has 8 heteroatoms. The SMILES string of the molecule is CN(CCN1CCCC1)C(O)CN(CC(N)O)C1CCC(Cl)C(Cl)C1. The van der Waals surface area contributed by atoms with Crippen LogP contribution in [0.5, 0.6) is 0 Å². The van der Waals surface area contributed by atoms with Gasteiger partial charge in [-0.25, -0.2) is 0 Å². The van der Waals surface area contributed by atoms with E-state index in [0.29, 0.717) is 13.1 Å². The number of nitrogens with zero attached hydrogens (tertiary/aromatic N) is 3. The molecule has 5 atom stereocenters. The molecule has 1 saturated carbocycles. The van der Waals surface area contributed by atoms with Crippen molar-refractivity contribution in [2.75, 3.05) is 46.3 Å². The zero-order valence-electron chi connectivity index (χ0n) is 15.2. The Morgan fingerprint density at radius 1 is 1.12 bits per heavy atom. The van der Waals surface area contributed by atoms with E-state index in [4.69, 9.17) is 28.9 Å². The normalized spacial score (nSPS) is 31.0. The Balaban J connectivity index is 1.84. The molecule has 0 aromatic heterocycles. The molecule has 25 heavy (non-hydrogen) atoms. The van der Waals surface area contributed by atoms with Crippen molar-refractivity contribution in [1.29, 1.82) is 0 Å². The van der Waals surface area contributed by atoms with Crippen LogP contribution in [0.25, 0.3) is 0 Å². The molecule has 4 N–H and O–H groups in total. The van der Waals surface area contributed by atoms with E-state index in [1.807, 2.05) is 11.9 Å². The first-order valence-corrected chi connectivity index (χ1v) is 10.3. The van der Waals surface area contributed by atoms with Crippen LogP contribution in [0.15, 0.2) is 0 Å². The van der Waals surface area contributed by atoms with Gasteiger partial charge in [0, 0.05) is 32.2 Å². The molecule has 0 aromatic carbocycles. The Kier molecular flexibility index (Phi) is 9.19. The average Bonchev–Trinajstić information content (AvgIpc) is 3.07. The predicted molar refractivity (Wildman–Crippen MR) is 103 cm³/mol. The number of hydrogen-bond acceptors (Lipinski definition) is 6. The third-order valence-electron chi connectivity index (χ3n) is 5.48. The molecule has 5 unspecified atom stereocenters. The molecular formula is C17H34Cl2N4O2. The maximum Gasteiger partial charge on any atom is 0.120 e. The van der Waals surface area contributed by atoms with E-state index in [0.717, 1.165) is 45.4 Å². The van der Waals surface area contributed by atoms with Crippen molar-refractivity contribution in [1.82, 2.24) is 14.7 Å². The lowest BCUT2D eigenvalue weighted by atomic mass is 9.93. The van der Waals surface area contributed by atoms with Gasteiger partial charge in [0.2, 0.25) is 0 Å². The lowest BCUT2D eigenvalue weighted by Gasteiger charge is -2.40. The van der Waals surface area contributed by atoms with Gasteiger partial charge in [0.25, 0.3) is 0 Å². The second kappa shape index (κ2) is 10.6. The Morgan fingerprint density at radius 3 is 2.40 bits per heavy atom. The molecule has 2 rings (SSSR count). The summed E-state index contributed by atoms with van der Waals surface area (Å²) >= 11 is 12.5. The summed E-state index contributed by atoms with van der Waals surface area (Å²) in [4.78, 5) is 6.48. The number of likely N-dealkylation sites (tertiary alicyclic amines) is 1. The molecule has 1 saturated heterocycles. The second-order valence-corrected chi connectivity index (χ2v) is 8.65. The summed E-state index contributed by atoms with van der Waals surface area (Å²) in [5.41, 5.74) is 5.61. The van der Waals surface area contributed by atoms with Crippen molar-refractivity contribution in [3.8, 4) is 0 Å². The number of hydrogen-bond donors (Lipinski definition) is 3. The van der Waals surface area contributed by atoms with Crippen molar-refractivity contribution in [2.24, 2.45) is 5.73 Å². The fraction of sp³-hybridized carbons (Fsp3) is 1.00. The fourth-order valence-corrected chi connectivity index (χ4v) is 4.37. The van der Waals surface area contributed by atoms with Crippen molar-refractivity contribution < 1.29 is 10.2 Å². The standard InChI is InChI=1S/C17H34Cl2N4O2/c1-21(8-9-22-6-2-3-7-22)17(25)12-23(11-16(20)24)13-4-5-14(18)15(19)10-13/h13-17,24-25H,2-12,20H2,1H3. The van der Waals surface area contributed by atoms with Crippen LogP contribution in [-0.4, -0.2) is 100 Å². The number of nitrogens with two attached hydrogens (primary N) is 1. The van der Waals surface area contributed by atoms with Crippen LogP contribution in [0.2, 0.25) is 0 Å². The van der Waals surface area contributed by atoms with Gasteiger partial charge < -0.3 is 20.8 Å². The van der Waals surface area contributed by atoms with Gasteiger partial charge in [-0.15, -0.1) is 23.2 Å². The summed E-state index contributed by atoms with van der Waals surface area (Å²) < 4.78 is 0. The molecular weight excluding hydrogens is 363 g/mol. The van der Waals surface area contributed by atoms with Gasteiger partial charge in [0.05, 0.1) is 10.8 Å². The topological polar surface area (TPSA) is 76.2 Å². The Bertz CT molecular complexity index is 386. The zero-order chi connectivity index (χ0) is 18.4. The summed E-state index contributed by atoms with van der Waals surface area (Å²) in [6.45, 7) is 4.91. The van der Waals surface area contributed by atoms with Gasteiger partial charge >= 0.3 is 0 Å². The van der Waals surface area contributed by atoms with Gasteiger partial charge in [-0.3, -0.25) is 9.80 Å². The van der Waals surface area contributed by atoms with E-state index in [1.54, 1.807) is 0 Å². The predicted octanol–water partition coefficient (Wildman–Crippen LogP) is 0.679. The molecule has 0 spiro atoms. The van der Waals surface area contributed by atoms with Crippen LogP contribution >= 0.6 is 23.2 Å². The number of likely N-dealkylation sites (N-methyl/N-ethyl adjacent to an activating group) is 1. The minimum atomic E-state index is -0.926. The molecule has 1 heterocycles. The summed E-state index contributed by atoms with van der Waals surface area (Å²) in [5.74, 6) is 0. The van der Waals surface area contributed by atoms with Crippen LogP contribution in [0.4, 0.5) is 0 Å². The highest BCUT2D eigenvalue weighted by molar-refractivity contribution is 6.30. The highest BCUT2D eigenvalue weighted by Crippen LogP contribution is 2.30. The van der Waals surface area contributed by atoms with E-state index in [9.17, 15) is 10.2 Å².